The van der Waals surface area contributed by atoms with Crippen molar-refractivity contribution in [3.05, 3.63) is 37.3 Å². The largest absolute Gasteiger partial charge is 0.490 e. The van der Waals surface area contributed by atoms with Gasteiger partial charge in [-0.25, -0.2) is 0 Å². The van der Waals surface area contributed by atoms with Crippen molar-refractivity contribution in [3.8, 4) is 5.75 Å². The number of nitrogens with one attached hydrogen (secondary N) is 1. The van der Waals surface area contributed by atoms with E-state index in [4.69, 9.17) is 4.74 Å². The zero-order chi connectivity index (χ0) is 14.9. The van der Waals surface area contributed by atoms with E-state index >= 15 is 0 Å². The van der Waals surface area contributed by atoms with Gasteiger partial charge in [0, 0.05) is 25.7 Å². The van der Waals surface area contributed by atoms with Gasteiger partial charge in [-0.1, -0.05) is 31.5 Å². The van der Waals surface area contributed by atoms with Gasteiger partial charge in [-0.15, -0.1) is 0 Å². The molecule has 0 aromatic heterocycles. The first-order valence-corrected chi connectivity index (χ1v) is 8.28. The maximum Gasteiger partial charge on any atom is 0.119 e. The SMILES string of the molecule is [CH2]CNC(CCC)CN1CCC(Oc2ccccc2)CC1. The molecule has 1 atom stereocenters. The van der Waals surface area contributed by atoms with Crippen LogP contribution in [0.25, 0.3) is 0 Å². The molecule has 3 heteroatoms. The van der Waals surface area contributed by atoms with E-state index in [0.29, 0.717) is 12.1 Å². The Balaban J connectivity index is 1.72. The molecule has 1 N–H and O–H groups in total. The van der Waals surface area contributed by atoms with Gasteiger partial charge in [-0.05, 0) is 44.9 Å². The van der Waals surface area contributed by atoms with Gasteiger partial charge in [0.15, 0.2) is 0 Å². The van der Waals surface area contributed by atoms with Crippen molar-refractivity contribution in [3.63, 3.8) is 0 Å². The minimum atomic E-state index is 0.370. The summed E-state index contributed by atoms with van der Waals surface area (Å²) in [6.45, 7) is 10.4. The Morgan fingerprint density at radius 3 is 2.62 bits per heavy atom. The molecule has 0 amide bonds. The third-order valence-corrected chi connectivity index (χ3v) is 4.13. The fraction of sp³-hybridized carbons (Fsp3) is 0.611. The highest BCUT2D eigenvalue weighted by atomic mass is 16.5. The average molecular weight is 289 g/mol. The van der Waals surface area contributed by atoms with Crippen LogP contribution in [0.4, 0.5) is 0 Å². The van der Waals surface area contributed by atoms with E-state index in [0.717, 1.165) is 44.8 Å². The first-order chi connectivity index (χ1) is 10.3. The maximum absolute atomic E-state index is 6.05. The second kappa shape index (κ2) is 9.06. The fourth-order valence-electron chi connectivity index (χ4n) is 3.02. The summed E-state index contributed by atoms with van der Waals surface area (Å²) in [5.41, 5.74) is 0. The predicted octanol–water partition coefficient (Wildman–Crippen LogP) is 3.12. The summed E-state index contributed by atoms with van der Waals surface area (Å²) >= 11 is 0. The van der Waals surface area contributed by atoms with Crippen molar-refractivity contribution in [2.75, 3.05) is 26.2 Å². The van der Waals surface area contributed by atoms with E-state index < -0.39 is 0 Å². The number of benzene rings is 1. The van der Waals surface area contributed by atoms with Gasteiger partial charge in [0.1, 0.15) is 11.9 Å². The van der Waals surface area contributed by atoms with Crippen LogP contribution in [0, 0.1) is 6.92 Å². The van der Waals surface area contributed by atoms with Crippen LogP contribution in [0.3, 0.4) is 0 Å². The summed E-state index contributed by atoms with van der Waals surface area (Å²) in [7, 11) is 0. The molecule has 1 aliphatic heterocycles. The van der Waals surface area contributed by atoms with Crippen molar-refractivity contribution in [2.24, 2.45) is 0 Å². The van der Waals surface area contributed by atoms with Gasteiger partial charge >= 0.3 is 0 Å². The second-order valence-corrected chi connectivity index (χ2v) is 5.87. The van der Waals surface area contributed by atoms with Gasteiger partial charge < -0.3 is 15.0 Å². The van der Waals surface area contributed by atoms with Gasteiger partial charge in [0.25, 0.3) is 0 Å². The van der Waals surface area contributed by atoms with Crippen molar-refractivity contribution < 1.29 is 4.74 Å². The molecule has 1 fully saturated rings. The zero-order valence-electron chi connectivity index (χ0n) is 13.3. The molecule has 0 aliphatic carbocycles. The minimum absolute atomic E-state index is 0.370. The molecule has 1 radical (unpaired) electrons. The molecule has 1 unspecified atom stereocenters. The number of ether oxygens (including phenoxy) is 1. The van der Waals surface area contributed by atoms with E-state index in [2.05, 4.69) is 24.1 Å². The number of hydrogen-bond donors (Lipinski definition) is 1. The van der Waals surface area contributed by atoms with Crippen molar-refractivity contribution >= 4 is 0 Å². The minimum Gasteiger partial charge on any atom is -0.490 e. The Morgan fingerprint density at radius 2 is 2.00 bits per heavy atom. The molecule has 1 aromatic rings. The van der Waals surface area contributed by atoms with E-state index in [-0.39, 0.29) is 0 Å². The topological polar surface area (TPSA) is 24.5 Å². The summed E-state index contributed by atoms with van der Waals surface area (Å²) in [6, 6.07) is 10.8. The van der Waals surface area contributed by atoms with Crippen LogP contribution < -0.4 is 10.1 Å². The van der Waals surface area contributed by atoms with Crippen LogP contribution >= 0.6 is 0 Å². The van der Waals surface area contributed by atoms with E-state index in [1.165, 1.54) is 12.8 Å². The summed E-state index contributed by atoms with van der Waals surface area (Å²) in [5, 5.41) is 3.50. The Hall–Kier alpha value is -1.06. The van der Waals surface area contributed by atoms with Gasteiger partial charge in [-0.3, -0.25) is 0 Å². The molecular weight excluding hydrogens is 260 g/mol. The molecule has 0 saturated carbocycles. The lowest BCUT2D eigenvalue weighted by molar-refractivity contribution is 0.0941. The highest BCUT2D eigenvalue weighted by molar-refractivity contribution is 5.21. The number of nitrogens with zero attached hydrogens (tertiary/aromatic N) is 1. The number of rotatable bonds is 8. The van der Waals surface area contributed by atoms with E-state index in [9.17, 15) is 0 Å². The van der Waals surface area contributed by atoms with Crippen LogP contribution in [0.15, 0.2) is 30.3 Å². The van der Waals surface area contributed by atoms with E-state index in [1.807, 2.05) is 30.3 Å². The second-order valence-electron chi connectivity index (χ2n) is 5.87. The number of piperidine rings is 1. The molecule has 1 heterocycles. The molecule has 1 saturated heterocycles. The quantitative estimate of drug-likeness (QED) is 0.796. The predicted molar refractivity (Wildman–Crippen MR) is 88.6 cm³/mol. The molecular formula is C18H29N2O. The Morgan fingerprint density at radius 1 is 1.29 bits per heavy atom. The Labute approximate surface area is 129 Å². The normalized spacial score (nSPS) is 18.6. The van der Waals surface area contributed by atoms with Gasteiger partial charge in [0.2, 0.25) is 0 Å². The number of likely N-dealkylation sites (tertiary alicyclic amines) is 1. The van der Waals surface area contributed by atoms with Crippen molar-refractivity contribution in [1.82, 2.24) is 10.2 Å². The highest BCUT2D eigenvalue weighted by Gasteiger charge is 2.22. The first kappa shape index (κ1) is 16.3. The molecule has 21 heavy (non-hydrogen) atoms. The van der Waals surface area contributed by atoms with Crippen LogP contribution in [-0.4, -0.2) is 43.2 Å². The average Bonchev–Trinajstić information content (AvgIpc) is 2.51. The molecule has 1 aliphatic rings. The van der Waals surface area contributed by atoms with Crippen LogP contribution in [0.1, 0.15) is 32.6 Å². The highest BCUT2D eigenvalue weighted by Crippen LogP contribution is 2.19. The lowest BCUT2D eigenvalue weighted by Gasteiger charge is -2.34. The summed E-state index contributed by atoms with van der Waals surface area (Å²) in [5.74, 6) is 0.999. The lowest BCUT2D eigenvalue weighted by atomic mass is 10.1. The summed E-state index contributed by atoms with van der Waals surface area (Å²) in [6.07, 6.45) is 5.08. The van der Waals surface area contributed by atoms with Crippen LogP contribution in [0.5, 0.6) is 5.75 Å². The molecule has 0 bridgehead atoms. The zero-order valence-corrected chi connectivity index (χ0v) is 13.3. The summed E-state index contributed by atoms with van der Waals surface area (Å²) in [4.78, 5) is 2.56. The molecule has 0 spiro atoms. The third kappa shape index (κ3) is 5.68. The van der Waals surface area contributed by atoms with Crippen molar-refractivity contribution in [1.29, 1.82) is 0 Å². The molecule has 2 rings (SSSR count). The fourth-order valence-corrected chi connectivity index (χ4v) is 3.02. The number of para-hydroxylation sites is 1. The van der Waals surface area contributed by atoms with Crippen LogP contribution in [0.2, 0.25) is 0 Å². The molecule has 1 aromatic carbocycles. The van der Waals surface area contributed by atoms with Gasteiger partial charge in [0.05, 0.1) is 0 Å². The Kier molecular flexibility index (Phi) is 7.04. The van der Waals surface area contributed by atoms with Crippen LogP contribution in [-0.2, 0) is 0 Å². The standard InChI is InChI=1S/C18H29N2O/c1-3-8-16(19-4-2)15-20-13-11-18(12-14-20)21-17-9-6-5-7-10-17/h5-7,9-10,16,18-19H,2-4,8,11-15H2,1H3. The van der Waals surface area contributed by atoms with E-state index in [1.54, 1.807) is 0 Å². The summed E-state index contributed by atoms with van der Waals surface area (Å²) < 4.78 is 6.05. The Bertz CT molecular complexity index is 368. The number of hydrogen-bond acceptors (Lipinski definition) is 3. The monoisotopic (exact) mass is 289 g/mol. The molecule has 3 nitrogen and oxygen atoms in total. The molecule has 117 valence electrons. The smallest absolute Gasteiger partial charge is 0.119 e. The van der Waals surface area contributed by atoms with Crippen molar-refractivity contribution in [2.45, 2.75) is 44.8 Å². The third-order valence-electron chi connectivity index (χ3n) is 4.13. The first-order valence-electron chi connectivity index (χ1n) is 8.28. The van der Waals surface area contributed by atoms with Gasteiger partial charge in [-0.2, -0.15) is 0 Å². The lowest BCUT2D eigenvalue weighted by Crippen LogP contribution is -2.45. The maximum atomic E-state index is 6.05.